The molecule has 0 spiro atoms. The second-order valence-corrected chi connectivity index (χ2v) is 12.6. The highest BCUT2D eigenvalue weighted by Crippen LogP contribution is 2.50. The van der Waals surface area contributed by atoms with Crippen LogP contribution in [0.2, 0.25) is 0 Å². The molecule has 5 aromatic carbocycles. The number of nitrogens with zero attached hydrogens (tertiary/aromatic N) is 1. The van der Waals surface area contributed by atoms with Gasteiger partial charge in [-0.3, -0.25) is 0 Å². The normalized spacial score (nSPS) is 15.6. The van der Waals surface area contributed by atoms with Crippen molar-refractivity contribution in [1.82, 2.24) is 4.57 Å². The van der Waals surface area contributed by atoms with Crippen LogP contribution in [0.15, 0.2) is 131 Å². The summed E-state index contributed by atoms with van der Waals surface area (Å²) in [4.78, 5) is 1.21. The lowest BCUT2D eigenvalue weighted by molar-refractivity contribution is 0.667. The molecule has 0 aliphatic carbocycles. The Bertz CT molecular complexity index is 2450. The zero-order chi connectivity index (χ0) is 27.1. The summed E-state index contributed by atoms with van der Waals surface area (Å²) < 4.78 is 11.8. The number of thioether (sulfide) groups is 1. The molecule has 1 aliphatic rings. The van der Waals surface area contributed by atoms with E-state index in [9.17, 15) is 0 Å². The molecule has 0 saturated heterocycles. The van der Waals surface area contributed by atoms with Crippen molar-refractivity contribution in [3.63, 3.8) is 0 Å². The molecule has 0 saturated carbocycles. The molecular weight excluding hydrogens is 539 g/mol. The highest BCUT2D eigenvalue weighted by atomic mass is 32.2. The van der Waals surface area contributed by atoms with Crippen LogP contribution in [0.25, 0.3) is 75.2 Å². The van der Waals surface area contributed by atoms with Gasteiger partial charge in [-0.1, -0.05) is 85.5 Å². The number of benzene rings is 5. The molecule has 3 aromatic heterocycles. The standard InChI is InChI=1S/C37H23NOS2/c1-22-11-3-2-10-20-40-37-32(22)36-34(26-14-5-8-16-29(26)39-36)33-25-13-4-7-15-28(25)38(35(33)37)23-18-19-31-27(21-23)24-12-6-9-17-30(24)41-31/h2-19,21H,1,20H2/b10-2-,11-3-. The van der Waals surface area contributed by atoms with Crippen LogP contribution in [0.1, 0.15) is 5.56 Å². The number of thiophene rings is 1. The monoisotopic (exact) mass is 561 g/mol. The third-order valence-electron chi connectivity index (χ3n) is 8.20. The molecule has 41 heavy (non-hydrogen) atoms. The van der Waals surface area contributed by atoms with Gasteiger partial charge in [-0.05, 0) is 42.0 Å². The molecule has 0 unspecified atom stereocenters. The van der Waals surface area contributed by atoms with E-state index in [0.717, 1.165) is 38.8 Å². The Morgan fingerprint density at radius 2 is 1.51 bits per heavy atom. The molecule has 4 heteroatoms. The van der Waals surface area contributed by atoms with E-state index in [0.29, 0.717) is 0 Å². The molecule has 0 bridgehead atoms. The van der Waals surface area contributed by atoms with Gasteiger partial charge in [0.1, 0.15) is 11.2 Å². The smallest absolute Gasteiger partial charge is 0.145 e. The van der Waals surface area contributed by atoms with E-state index in [4.69, 9.17) is 4.42 Å². The maximum absolute atomic E-state index is 6.69. The summed E-state index contributed by atoms with van der Waals surface area (Å²) in [7, 11) is 0. The van der Waals surface area contributed by atoms with Crippen LogP contribution in [-0.4, -0.2) is 10.3 Å². The molecule has 0 radical (unpaired) electrons. The van der Waals surface area contributed by atoms with E-state index in [1.54, 1.807) is 0 Å². The number of para-hydroxylation sites is 2. The lowest BCUT2D eigenvalue weighted by Gasteiger charge is -2.16. The minimum absolute atomic E-state index is 0.862. The van der Waals surface area contributed by atoms with E-state index in [1.807, 2.05) is 29.2 Å². The summed E-state index contributed by atoms with van der Waals surface area (Å²) in [5.74, 6) is 0.862. The average Bonchev–Trinajstić information content (AvgIpc) is 3.68. The Morgan fingerprint density at radius 3 is 2.44 bits per heavy atom. The maximum Gasteiger partial charge on any atom is 0.145 e. The van der Waals surface area contributed by atoms with E-state index >= 15 is 0 Å². The van der Waals surface area contributed by atoms with Crippen LogP contribution in [0.3, 0.4) is 0 Å². The first-order valence-electron chi connectivity index (χ1n) is 13.8. The van der Waals surface area contributed by atoms with Crippen molar-refractivity contribution in [1.29, 1.82) is 0 Å². The Hall–Kier alpha value is -4.51. The lowest BCUT2D eigenvalue weighted by atomic mass is 9.98. The number of fused-ring (bicyclic) bond motifs is 13. The largest absolute Gasteiger partial charge is 0.455 e. The number of furan rings is 1. The molecule has 4 heterocycles. The van der Waals surface area contributed by atoms with Crippen LogP contribution in [0, 0.1) is 0 Å². The SMILES string of the molecule is C=C1/C=C\C=C/CSc2c1c1oc3ccccc3c1c1c3ccccc3n(-c3ccc4sc5ccccc5c4c3)c21. The van der Waals surface area contributed by atoms with Crippen LogP contribution in [0.4, 0.5) is 0 Å². The van der Waals surface area contributed by atoms with Gasteiger partial charge in [0.25, 0.3) is 0 Å². The van der Waals surface area contributed by atoms with Crippen molar-refractivity contribution in [3.05, 3.63) is 127 Å². The van der Waals surface area contributed by atoms with Gasteiger partial charge in [-0.2, -0.15) is 0 Å². The van der Waals surface area contributed by atoms with Gasteiger partial charge in [0.05, 0.1) is 11.0 Å². The quantitative estimate of drug-likeness (QED) is 0.198. The summed E-state index contributed by atoms with van der Waals surface area (Å²) in [5, 5.41) is 7.37. The molecule has 8 aromatic rings. The molecule has 0 amide bonds. The lowest BCUT2D eigenvalue weighted by Crippen LogP contribution is -1.98. The third kappa shape index (κ3) is 3.26. The fourth-order valence-corrected chi connectivity index (χ4v) is 8.63. The summed E-state index contributed by atoms with van der Waals surface area (Å²) in [6.07, 6.45) is 8.52. The number of allylic oxidation sites excluding steroid dienone is 4. The zero-order valence-corrected chi connectivity index (χ0v) is 23.7. The molecule has 1 aliphatic heterocycles. The van der Waals surface area contributed by atoms with Gasteiger partial charge in [-0.15, -0.1) is 23.1 Å². The first kappa shape index (κ1) is 23.2. The molecule has 0 N–H and O–H groups in total. The van der Waals surface area contributed by atoms with E-state index in [1.165, 1.54) is 52.6 Å². The second kappa shape index (κ2) is 8.74. The number of aromatic nitrogens is 1. The molecule has 9 rings (SSSR count). The third-order valence-corrected chi connectivity index (χ3v) is 10.4. The summed E-state index contributed by atoms with van der Waals surface area (Å²) >= 11 is 3.72. The van der Waals surface area contributed by atoms with Crippen LogP contribution in [-0.2, 0) is 0 Å². The Kier molecular flexibility index (Phi) is 4.95. The van der Waals surface area contributed by atoms with Gasteiger partial charge in [0.2, 0.25) is 0 Å². The number of hydrogen-bond acceptors (Lipinski definition) is 3. The van der Waals surface area contributed by atoms with Crippen molar-refractivity contribution in [2.24, 2.45) is 0 Å². The summed E-state index contributed by atoms with van der Waals surface area (Å²) in [5.41, 5.74) is 7.44. The molecule has 2 nitrogen and oxygen atoms in total. The fraction of sp³-hybridized carbons (Fsp3) is 0.0270. The van der Waals surface area contributed by atoms with Crippen molar-refractivity contribution in [2.75, 3.05) is 5.75 Å². The first-order valence-corrected chi connectivity index (χ1v) is 15.6. The summed E-state index contributed by atoms with van der Waals surface area (Å²) in [6, 6.07) is 32.9. The zero-order valence-electron chi connectivity index (χ0n) is 22.1. The van der Waals surface area contributed by atoms with Crippen LogP contribution in [0.5, 0.6) is 0 Å². The second-order valence-electron chi connectivity index (χ2n) is 10.5. The van der Waals surface area contributed by atoms with Gasteiger partial charge in [-0.25, -0.2) is 0 Å². The van der Waals surface area contributed by atoms with Crippen molar-refractivity contribution >= 4 is 92.6 Å². The Morgan fingerprint density at radius 1 is 0.732 bits per heavy atom. The number of hydrogen-bond donors (Lipinski definition) is 0. The highest BCUT2D eigenvalue weighted by molar-refractivity contribution is 7.99. The first-order chi connectivity index (χ1) is 20.3. The minimum Gasteiger partial charge on any atom is -0.455 e. The van der Waals surface area contributed by atoms with E-state index < -0.39 is 0 Å². The van der Waals surface area contributed by atoms with E-state index in [2.05, 4.69) is 120 Å². The molecule has 0 atom stereocenters. The predicted octanol–water partition coefficient (Wildman–Crippen LogP) is 11.3. The number of rotatable bonds is 1. The Balaban J connectivity index is 1.53. The fourth-order valence-electron chi connectivity index (χ4n) is 6.47. The molecule has 0 fully saturated rings. The molecule has 194 valence electrons. The van der Waals surface area contributed by atoms with Gasteiger partial charge < -0.3 is 8.98 Å². The van der Waals surface area contributed by atoms with Gasteiger partial charge in [0.15, 0.2) is 0 Å². The van der Waals surface area contributed by atoms with E-state index in [-0.39, 0.29) is 0 Å². The summed E-state index contributed by atoms with van der Waals surface area (Å²) in [6.45, 7) is 4.55. The Labute approximate surface area is 244 Å². The van der Waals surface area contributed by atoms with Gasteiger partial charge >= 0.3 is 0 Å². The molecular formula is C37H23NOS2. The highest BCUT2D eigenvalue weighted by Gasteiger charge is 2.27. The van der Waals surface area contributed by atoms with Crippen molar-refractivity contribution in [3.8, 4) is 5.69 Å². The predicted molar refractivity (Wildman–Crippen MR) is 179 cm³/mol. The minimum atomic E-state index is 0.862. The maximum atomic E-state index is 6.69. The van der Waals surface area contributed by atoms with Crippen molar-refractivity contribution in [2.45, 2.75) is 4.90 Å². The van der Waals surface area contributed by atoms with Crippen LogP contribution >= 0.6 is 23.1 Å². The van der Waals surface area contributed by atoms with Crippen LogP contribution < -0.4 is 0 Å². The van der Waals surface area contributed by atoms with Crippen molar-refractivity contribution < 1.29 is 4.42 Å². The average molecular weight is 562 g/mol. The topological polar surface area (TPSA) is 18.1 Å². The van der Waals surface area contributed by atoms with Gasteiger partial charge in [0, 0.05) is 63.6 Å².